The highest BCUT2D eigenvalue weighted by molar-refractivity contribution is 5.85. The first-order valence-corrected chi connectivity index (χ1v) is 5.33. The monoisotopic (exact) mass is 268 g/mol. The summed E-state index contributed by atoms with van der Waals surface area (Å²) in [5, 5.41) is 3.73. The summed E-state index contributed by atoms with van der Waals surface area (Å²) in [5.74, 6) is 1.60. The highest BCUT2D eigenvalue weighted by Crippen LogP contribution is 2.33. The van der Waals surface area contributed by atoms with Gasteiger partial charge in [0.1, 0.15) is 5.75 Å². The molecule has 0 aromatic heterocycles. The summed E-state index contributed by atoms with van der Waals surface area (Å²) in [6.07, 6.45) is 0.758. The maximum absolute atomic E-state index is 10.9. The zero-order valence-electron chi connectivity index (χ0n) is 11.2. The molecule has 0 saturated carbocycles. The molecule has 0 spiro atoms. The first-order chi connectivity index (χ1) is 9.15. The Morgan fingerprint density at radius 2 is 1.63 bits per heavy atom. The molecular weight excluding hydrogens is 252 g/mol. The molecule has 1 N–H and O–H groups in total. The van der Waals surface area contributed by atoms with Crippen LogP contribution < -0.4 is 19.6 Å². The molecule has 0 aliphatic heterocycles. The third-order valence-electron chi connectivity index (χ3n) is 2.28. The van der Waals surface area contributed by atoms with Gasteiger partial charge in [0, 0.05) is 11.6 Å². The van der Waals surface area contributed by atoms with E-state index >= 15 is 0 Å². The van der Waals surface area contributed by atoms with Crippen LogP contribution in [0.4, 0.5) is 4.79 Å². The Hall–Kier alpha value is -2.44. The maximum atomic E-state index is 10.9. The molecule has 1 amide bonds. The average molecular weight is 268 g/mol. The van der Waals surface area contributed by atoms with Crippen LogP contribution in [0.3, 0.4) is 0 Å². The maximum Gasteiger partial charge on any atom is 0.427 e. The van der Waals surface area contributed by atoms with Crippen molar-refractivity contribution in [1.29, 1.82) is 0 Å². The molecule has 0 heterocycles. The summed E-state index contributed by atoms with van der Waals surface area (Å²) in [4.78, 5) is 10.9. The minimum Gasteiger partial charge on any atom is -0.496 e. The number of nitrogens with one attached hydrogen (secondary N) is 1. The normalized spacial score (nSPS) is 10.1. The third-order valence-corrected chi connectivity index (χ3v) is 2.28. The van der Waals surface area contributed by atoms with Gasteiger partial charge < -0.3 is 18.9 Å². The topological polar surface area (TPSA) is 78.4 Å². The Bertz CT molecular complexity index is 473. The zero-order valence-corrected chi connectivity index (χ0v) is 11.2. The lowest BCUT2D eigenvalue weighted by atomic mass is 10.2. The summed E-state index contributed by atoms with van der Waals surface area (Å²) >= 11 is 0. The van der Waals surface area contributed by atoms with Gasteiger partial charge in [-0.15, -0.1) is 0 Å². The SMILES string of the molecule is COC(=O)N/N=C/c1cc(OC)c(OC)cc1OC. The number of rotatable bonds is 5. The Balaban J connectivity index is 3.01. The van der Waals surface area contributed by atoms with Gasteiger partial charge >= 0.3 is 6.09 Å². The number of ether oxygens (including phenoxy) is 4. The van der Waals surface area contributed by atoms with Crippen molar-refractivity contribution in [2.75, 3.05) is 28.4 Å². The molecular formula is C12H16N2O5. The van der Waals surface area contributed by atoms with E-state index in [1.807, 2.05) is 0 Å². The molecule has 0 aliphatic carbocycles. The van der Waals surface area contributed by atoms with Gasteiger partial charge in [-0.3, -0.25) is 0 Å². The van der Waals surface area contributed by atoms with E-state index in [2.05, 4.69) is 15.3 Å². The van der Waals surface area contributed by atoms with Crippen molar-refractivity contribution in [1.82, 2.24) is 5.43 Å². The molecule has 1 aromatic carbocycles. The zero-order chi connectivity index (χ0) is 14.3. The van der Waals surface area contributed by atoms with Gasteiger partial charge in [0.25, 0.3) is 0 Å². The molecule has 7 heteroatoms. The Morgan fingerprint density at radius 1 is 1.05 bits per heavy atom. The van der Waals surface area contributed by atoms with Gasteiger partial charge in [-0.2, -0.15) is 5.10 Å². The number of benzene rings is 1. The van der Waals surface area contributed by atoms with Crippen LogP contribution in [0, 0.1) is 0 Å². The van der Waals surface area contributed by atoms with E-state index in [0.29, 0.717) is 22.8 Å². The summed E-state index contributed by atoms with van der Waals surface area (Å²) < 4.78 is 19.9. The van der Waals surface area contributed by atoms with E-state index < -0.39 is 6.09 Å². The van der Waals surface area contributed by atoms with E-state index in [0.717, 1.165) is 0 Å². The number of carbonyl (C=O) groups excluding carboxylic acids is 1. The second-order valence-electron chi connectivity index (χ2n) is 3.31. The van der Waals surface area contributed by atoms with Gasteiger partial charge in [0.05, 0.1) is 34.7 Å². The van der Waals surface area contributed by atoms with Crippen molar-refractivity contribution in [3.8, 4) is 17.2 Å². The number of carbonyl (C=O) groups is 1. The molecule has 0 fully saturated rings. The van der Waals surface area contributed by atoms with Crippen molar-refractivity contribution in [2.45, 2.75) is 0 Å². The van der Waals surface area contributed by atoms with Crippen LogP contribution in [0.25, 0.3) is 0 Å². The van der Waals surface area contributed by atoms with Crippen molar-refractivity contribution >= 4 is 12.3 Å². The molecule has 0 bridgehead atoms. The first-order valence-electron chi connectivity index (χ1n) is 5.33. The number of amides is 1. The van der Waals surface area contributed by atoms with Crippen molar-refractivity contribution in [3.05, 3.63) is 17.7 Å². The molecule has 0 saturated heterocycles. The molecule has 0 atom stereocenters. The van der Waals surface area contributed by atoms with Crippen LogP contribution >= 0.6 is 0 Å². The number of hydrazone groups is 1. The fourth-order valence-electron chi connectivity index (χ4n) is 1.35. The number of hydrogen-bond acceptors (Lipinski definition) is 6. The van der Waals surface area contributed by atoms with Crippen LogP contribution in [0.15, 0.2) is 17.2 Å². The Labute approximate surface area is 111 Å². The Morgan fingerprint density at radius 3 is 2.16 bits per heavy atom. The van der Waals surface area contributed by atoms with Crippen molar-refractivity contribution in [2.24, 2.45) is 5.10 Å². The standard InChI is InChI=1S/C12H16N2O5/c1-16-9-6-11(18-3)10(17-2)5-8(9)7-13-14-12(15)19-4/h5-7H,1-4H3,(H,14,15)/b13-7+. The predicted octanol–water partition coefficient (Wildman–Crippen LogP) is 1.40. The van der Waals surface area contributed by atoms with Crippen LogP contribution in [0.5, 0.6) is 17.2 Å². The molecule has 0 aliphatic rings. The first kappa shape index (κ1) is 14.6. The third kappa shape index (κ3) is 3.77. The minimum absolute atomic E-state index is 0.530. The summed E-state index contributed by atoms with van der Waals surface area (Å²) in [6, 6.07) is 3.35. The van der Waals surface area contributed by atoms with Gasteiger partial charge in [0.15, 0.2) is 11.5 Å². The lowest BCUT2D eigenvalue weighted by molar-refractivity contribution is 0.171. The fourth-order valence-corrected chi connectivity index (χ4v) is 1.35. The van der Waals surface area contributed by atoms with E-state index in [1.54, 1.807) is 12.1 Å². The smallest absolute Gasteiger partial charge is 0.427 e. The van der Waals surface area contributed by atoms with E-state index in [1.165, 1.54) is 34.7 Å². The molecule has 1 aromatic rings. The lowest BCUT2D eigenvalue weighted by Crippen LogP contribution is -2.16. The molecule has 0 unspecified atom stereocenters. The number of nitrogens with zero attached hydrogens (tertiary/aromatic N) is 1. The number of hydrogen-bond donors (Lipinski definition) is 1. The second-order valence-corrected chi connectivity index (χ2v) is 3.31. The highest BCUT2D eigenvalue weighted by atomic mass is 16.5. The lowest BCUT2D eigenvalue weighted by Gasteiger charge is -2.11. The van der Waals surface area contributed by atoms with Crippen LogP contribution in [0.1, 0.15) is 5.56 Å². The average Bonchev–Trinajstić information content (AvgIpc) is 2.46. The minimum atomic E-state index is -0.657. The van der Waals surface area contributed by atoms with Crippen molar-refractivity contribution in [3.63, 3.8) is 0 Å². The highest BCUT2D eigenvalue weighted by Gasteiger charge is 2.10. The second kappa shape index (κ2) is 7.10. The van der Waals surface area contributed by atoms with E-state index in [9.17, 15) is 4.79 Å². The van der Waals surface area contributed by atoms with Crippen LogP contribution in [0.2, 0.25) is 0 Å². The van der Waals surface area contributed by atoms with Crippen LogP contribution in [-0.4, -0.2) is 40.7 Å². The molecule has 7 nitrogen and oxygen atoms in total. The summed E-state index contributed by atoms with van der Waals surface area (Å²) in [7, 11) is 5.83. The quantitative estimate of drug-likeness (QED) is 0.645. The molecule has 1 rings (SSSR count). The van der Waals surface area contributed by atoms with E-state index in [4.69, 9.17) is 14.2 Å². The Kier molecular flexibility index (Phi) is 5.46. The molecule has 0 radical (unpaired) electrons. The number of methoxy groups -OCH3 is 4. The fraction of sp³-hybridized carbons (Fsp3) is 0.333. The predicted molar refractivity (Wildman–Crippen MR) is 69.2 cm³/mol. The molecule has 19 heavy (non-hydrogen) atoms. The van der Waals surface area contributed by atoms with Gasteiger partial charge in [-0.25, -0.2) is 10.2 Å². The van der Waals surface area contributed by atoms with Gasteiger partial charge in [0.2, 0.25) is 0 Å². The van der Waals surface area contributed by atoms with Gasteiger partial charge in [-0.05, 0) is 6.07 Å². The summed E-state index contributed by atoms with van der Waals surface area (Å²) in [5.41, 5.74) is 2.80. The van der Waals surface area contributed by atoms with Gasteiger partial charge in [-0.1, -0.05) is 0 Å². The van der Waals surface area contributed by atoms with Crippen molar-refractivity contribution < 1.29 is 23.7 Å². The van der Waals surface area contributed by atoms with Crippen LogP contribution in [-0.2, 0) is 4.74 Å². The largest absolute Gasteiger partial charge is 0.496 e. The summed E-state index contributed by atoms with van der Waals surface area (Å²) in [6.45, 7) is 0. The molecule has 104 valence electrons. The van der Waals surface area contributed by atoms with E-state index in [-0.39, 0.29) is 0 Å².